The highest BCUT2D eigenvalue weighted by Gasteiger charge is 2.38. The zero-order valence-electron chi connectivity index (χ0n) is 10.8. The molecule has 1 N–H and O–H groups in total. The van der Waals surface area contributed by atoms with E-state index < -0.39 is 20.9 Å². The molecule has 1 aliphatic rings. The Kier molecular flexibility index (Phi) is 3.64. The number of rotatable bonds is 4. The first-order valence-electron chi connectivity index (χ1n) is 5.99. The minimum atomic E-state index is -4.11. The van der Waals surface area contributed by atoms with E-state index >= 15 is 0 Å². The van der Waals surface area contributed by atoms with Crippen molar-refractivity contribution in [3.8, 4) is 0 Å². The molecule has 0 saturated carbocycles. The minimum absolute atomic E-state index is 0.107. The maximum absolute atomic E-state index is 14.2. The van der Waals surface area contributed by atoms with Crippen LogP contribution in [0, 0.1) is 0 Å². The molecule has 6 heteroatoms. The van der Waals surface area contributed by atoms with Crippen molar-refractivity contribution in [1.29, 1.82) is 0 Å². The van der Waals surface area contributed by atoms with E-state index in [1.54, 1.807) is 25.1 Å². The van der Waals surface area contributed by atoms with E-state index in [2.05, 4.69) is 5.48 Å². The Balaban J connectivity index is 2.32. The third-order valence-electron chi connectivity index (χ3n) is 3.16. The molecule has 19 heavy (non-hydrogen) atoms. The third-order valence-corrected chi connectivity index (χ3v) is 4.80. The summed E-state index contributed by atoms with van der Waals surface area (Å²) in [6.45, 7) is 3.59. The van der Waals surface area contributed by atoms with Gasteiger partial charge < -0.3 is 0 Å². The average Bonchev–Trinajstić information content (AvgIpc) is 2.83. The zero-order chi connectivity index (χ0) is 14.1. The second kappa shape index (κ2) is 4.94. The molecule has 0 bridgehead atoms. The Morgan fingerprint density at radius 1 is 1.37 bits per heavy atom. The molecule has 0 aromatic heterocycles. The minimum Gasteiger partial charge on any atom is -0.265 e. The summed E-state index contributed by atoms with van der Waals surface area (Å²) in [4.78, 5) is 5.19. The molecule has 0 radical (unpaired) electrons. The molecule has 1 heterocycles. The van der Waals surface area contributed by atoms with E-state index in [4.69, 9.17) is 4.84 Å². The fraction of sp³-hybridized carbons (Fsp3) is 0.385. The maximum Gasteiger partial charge on any atom is 0.231 e. The highest BCUT2D eigenvalue weighted by Crippen LogP contribution is 2.33. The quantitative estimate of drug-likeness (QED) is 0.924. The van der Waals surface area contributed by atoms with Gasteiger partial charge in [-0.2, -0.15) is 0 Å². The van der Waals surface area contributed by atoms with Crippen LogP contribution in [0.1, 0.15) is 31.3 Å². The summed E-state index contributed by atoms with van der Waals surface area (Å²) in [5.41, 5.74) is -0.396. The molecule has 104 valence electrons. The Labute approximate surface area is 112 Å². The largest absolute Gasteiger partial charge is 0.265 e. The van der Waals surface area contributed by atoms with E-state index in [-0.39, 0.29) is 10.6 Å². The average molecular weight is 285 g/mol. The van der Waals surface area contributed by atoms with E-state index in [0.29, 0.717) is 6.42 Å². The molecule has 0 fully saturated rings. The van der Waals surface area contributed by atoms with Crippen molar-refractivity contribution in [2.24, 2.45) is 0 Å². The number of hydrogen-bond donors (Lipinski definition) is 1. The zero-order valence-corrected chi connectivity index (χ0v) is 11.6. The predicted octanol–water partition coefficient (Wildman–Crippen LogP) is 2.61. The first-order chi connectivity index (χ1) is 8.89. The Morgan fingerprint density at radius 2 is 2.00 bits per heavy atom. The lowest BCUT2D eigenvalue weighted by Crippen LogP contribution is -2.25. The van der Waals surface area contributed by atoms with Crippen LogP contribution in [0.2, 0.25) is 0 Å². The van der Waals surface area contributed by atoms with Gasteiger partial charge in [0.25, 0.3) is 0 Å². The molecule has 1 aromatic rings. The Hall–Kier alpha value is -1.40. The highest BCUT2D eigenvalue weighted by atomic mass is 32.2. The molecule has 0 saturated heterocycles. The SMILES string of the molecule is CCC1(C)C=C(S(=O)(=O)C(F)c2ccccc2)NO1. The number of hydrogen-bond acceptors (Lipinski definition) is 4. The molecule has 0 amide bonds. The van der Waals surface area contributed by atoms with Gasteiger partial charge >= 0.3 is 0 Å². The summed E-state index contributed by atoms with van der Waals surface area (Å²) in [6.07, 6.45) is 2.00. The van der Waals surface area contributed by atoms with Gasteiger partial charge in [-0.3, -0.25) is 10.3 Å². The van der Waals surface area contributed by atoms with Crippen molar-refractivity contribution in [3.05, 3.63) is 47.0 Å². The molecule has 0 spiro atoms. The normalized spacial score (nSPS) is 24.7. The molecular weight excluding hydrogens is 269 g/mol. The van der Waals surface area contributed by atoms with Crippen molar-refractivity contribution in [2.75, 3.05) is 0 Å². The first-order valence-corrected chi connectivity index (χ1v) is 7.53. The Bertz CT molecular complexity index is 585. The van der Waals surface area contributed by atoms with Gasteiger partial charge in [0.15, 0.2) is 5.03 Å². The van der Waals surface area contributed by atoms with Gasteiger partial charge in [-0.1, -0.05) is 37.3 Å². The number of benzene rings is 1. The molecule has 2 rings (SSSR count). The number of nitrogens with one attached hydrogen (secondary N) is 1. The van der Waals surface area contributed by atoms with E-state index in [1.807, 2.05) is 6.92 Å². The van der Waals surface area contributed by atoms with Crippen LogP contribution >= 0.6 is 0 Å². The molecule has 1 aromatic carbocycles. The number of halogens is 1. The third kappa shape index (κ3) is 2.64. The van der Waals surface area contributed by atoms with Gasteiger partial charge in [-0.25, -0.2) is 12.8 Å². The standard InChI is InChI=1S/C13H16FNO3S/c1-3-13(2)9-11(15-18-13)19(16,17)12(14)10-7-5-4-6-8-10/h4-9,12,15H,3H2,1-2H3. The Morgan fingerprint density at radius 3 is 2.53 bits per heavy atom. The van der Waals surface area contributed by atoms with Gasteiger partial charge in [0.1, 0.15) is 5.60 Å². The molecule has 0 aliphatic carbocycles. The lowest BCUT2D eigenvalue weighted by Gasteiger charge is -2.16. The summed E-state index contributed by atoms with van der Waals surface area (Å²) in [6, 6.07) is 7.78. The van der Waals surface area contributed by atoms with Crippen LogP contribution in [0.5, 0.6) is 0 Å². The molecular formula is C13H16FNO3S. The summed E-state index contributed by atoms with van der Waals surface area (Å²) in [5.74, 6) is 0. The van der Waals surface area contributed by atoms with Crippen LogP contribution in [0.25, 0.3) is 0 Å². The van der Waals surface area contributed by atoms with E-state index in [0.717, 1.165) is 0 Å². The van der Waals surface area contributed by atoms with Crippen LogP contribution in [0.3, 0.4) is 0 Å². The summed E-state index contributed by atoms with van der Waals surface area (Å²) in [7, 11) is -4.11. The molecule has 4 nitrogen and oxygen atoms in total. The highest BCUT2D eigenvalue weighted by molar-refractivity contribution is 7.95. The van der Waals surface area contributed by atoms with Crippen molar-refractivity contribution in [1.82, 2.24) is 5.48 Å². The maximum atomic E-state index is 14.2. The van der Waals surface area contributed by atoms with Crippen LogP contribution in [-0.4, -0.2) is 14.0 Å². The first kappa shape index (κ1) is 14.0. The van der Waals surface area contributed by atoms with Crippen molar-refractivity contribution in [2.45, 2.75) is 31.4 Å². The van der Waals surface area contributed by atoms with Crippen molar-refractivity contribution >= 4 is 9.84 Å². The fourth-order valence-corrected chi connectivity index (χ4v) is 3.02. The van der Waals surface area contributed by atoms with Gasteiger partial charge in [0.05, 0.1) is 0 Å². The molecule has 2 atom stereocenters. The van der Waals surface area contributed by atoms with Crippen molar-refractivity contribution < 1.29 is 17.6 Å². The summed E-state index contributed by atoms with van der Waals surface area (Å²) in [5, 5.41) is -0.215. The van der Waals surface area contributed by atoms with Crippen LogP contribution in [0.15, 0.2) is 41.4 Å². The van der Waals surface area contributed by atoms with Crippen LogP contribution < -0.4 is 5.48 Å². The van der Waals surface area contributed by atoms with Gasteiger partial charge in [-0.05, 0) is 19.4 Å². The number of hydroxylamine groups is 1. The van der Waals surface area contributed by atoms with Gasteiger partial charge in [-0.15, -0.1) is 0 Å². The lowest BCUT2D eigenvalue weighted by molar-refractivity contribution is -0.0277. The number of sulfone groups is 1. The van der Waals surface area contributed by atoms with E-state index in [1.165, 1.54) is 18.2 Å². The number of alkyl halides is 1. The summed E-state index contributed by atoms with van der Waals surface area (Å²) >= 11 is 0. The van der Waals surface area contributed by atoms with E-state index in [9.17, 15) is 12.8 Å². The molecule has 2 unspecified atom stereocenters. The van der Waals surface area contributed by atoms with Crippen LogP contribution in [0.4, 0.5) is 4.39 Å². The smallest absolute Gasteiger partial charge is 0.231 e. The van der Waals surface area contributed by atoms with Crippen LogP contribution in [-0.2, 0) is 14.7 Å². The fourth-order valence-electron chi connectivity index (χ4n) is 1.71. The summed E-state index contributed by atoms with van der Waals surface area (Å²) < 4.78 is 38.5. The van der Waals surface area contributed by atoms with Gasteiger partial charge in [0.2, 0.25) is 15.3 Å². The monoisotopic (exact) mass is 285 g/mol. The topological polar surface area (TPSA) is 55.4 Å². The second-order valence-electron chi connectivity index (χ2n) is 4.65. The van der Waals surface area contributed by atoms with Crippen molar-refractivity contribution in [3.63, 3.8) is 0 Å². The second-order valence-corrected chi connectivity index (χ2v) is 6.59. The lowest BCUT2D eigenvalue weighted by atomic mass is 10.1. The van der Waals surface area contributed by atoms with Gasteiger partial charge in [0, 0.05) is 5.56 Å². The molecule has 1 aliphatic heterocycles. The predicted molar refractivity (Wildman–Crippen MR) is 70.2 cm³/mol.